The van der Waals surface area contributed by atoms with E-state index in [1.54, 1.807) is 16.8 Å². The van der Waals surface area contributed by atoms with Crippen molar-refractivity contribution in [3.8, 4) is 0 Å². The van der Waals surface area contributed by atoms with E-state index in [0.29, 0.717) is 17.6 Å². The molecule has 84 valence electrons. The zero-order valence-corrected chi connectivity index (χ0v) is 10.5. The van der Waals surface area contributed by atoms with E-state index in [-0.39, 0.29) is 10.6 Å². The molecule has 0 amide bonds. The molecule has 0 aromatic carbocycles. The smallest absolute Gasteiger partial charge is 0.258 e. The Labute approximate surface area is 100 Å². The number of hydrogen-bond acceptors (Lipinski definition) is 3. The first-order chi connectivity index (χ1) is 7.54. The third-order valence-electron chi connectivity index (χ3n) is 2.46. The number of nitrogens with zero attached hydrogens (tertiary/aromatic N) is 3. The van der Waals surface area contributed by atoms with Crippen molar-refractivity contribution in [3.05, 3.63) is 38.1 Å². The van der Waals surface area contributed by atoms with Crippen molar-refractivity contribution in [2.75, 3.05) is 0 Å². The molecular formula is C10H10BrN3O2. The summed E-state index contributed by atoms with van der Waals surface area (Å²) in [5.41, 5.74) is 2.14. The van der Waals surface area contributed by atoms with Gasteiger partial charge in [-0.3, -0.25) is 10.1 Å². The van der Waals surface area contributed by atoms with Gasteiger partial charge in [0.05, 0.1) is 4.92 Å². The third kappa shape index (κ3) is 1.59. The summed E-state index contributed by atoms with van der Waals surface area (Å²) in [7, 11) is 0. The lowest BCUT2D eigenvalue weighted by atomic mass is 10.2. The minimum absolute atomic E-state index is 0.100. The molecule has 0 unspecified atom stereocenters. The molecule has 0 bridgehead atoms. The number of nitro groups is 1. The molecule has 0 spiro atoms. The highest BCUT2D eigenvalue weighted by molar-refractivity contribution is 9.10. The number of fused-ring (bicyclic) bond motifs is 1. The lowest BCUT2D eigenvalue weighted by Gasteiger charge is -1.98. The number of rotatable bonds is 2. The predicted molar refractivity (Wildman–Crippen MR) is 63.7 cm³/mol. The Kier molecular flexibility index (Phi) is 2.67. The monoisotopic (exact) mass is 283 g/mol. The van der Waals surface area contributed by atoms with Gasteiger partial charge in [-0.2, -0.15) is 5.10 Å². The highest BCUT2D eigenvalue weighted by atomic mass is 79.9. The average Bonchev–Trinajstić information content (AvgIpc) is 2.56. The molecule has 2 aromatic heterocycles. The Balaban J connectivity index is 2.84. The lowest BCUT2D eigenvalue weighted by molar-refractivity contribution is -0.383. The van der Waals surface area contributed by atoms with E-state index < -0.39 is 0 Å². The molecule has 2 aromatic rings. The molecule has 2 rings (SSSR count). The molecule has 5 nitrogen and oxygen atoms in total. The van der Waals surface area contributed by atoms with Crippen LogP contribution in [0.3, 0.4) is 0 Å². The van der Waals surface area contributed by atoms with E-state index in [0.717, 1.165) is 10.0 Å². The highest BCUT2D eigenvalue weighted by Gasteiger charge is 2.22. The summed E-state index contributed by atoms with van der Waals surface area (Å²) in [6.45, 7) is 3.78. The summed E-state index contributed by atoms with van der Waals surface area (Å²) < 4.78 is 2.42. The van der Waals surface area contributed by atoms with Gasteiger partial charge in [-0.15, -0.1) is 0 Å². The van der Waals surface area contributed by atoms with Gasteiger partial charge in [-0.25, -0.2) is 4.52 Å². The molecule has 0 fully saturated rings. The standard InChI is InChI=1S/C10H10BrN3O2/c1-3-8-10(14(15)16)9-4-7(11)6(2)5-13(9)12-8/h4-5H,3H2,1-2H3. The van der Waals surface area contributed by atoms with Crippen LogP contribution in [0.15, 0.2) is 16.7 Å². The van der Waals surface area contributed by atoms with Gasteiger partial charge in [0.15, 0.2) is 0 Å². The summed E-state index contributed by atoms with van der Waals surface area (Å²) >= 11 is 3.37. The van der Waals surface area contributed by atoms with Crippen molar-refractivity contribution in [3.63, 3.8) is 0 Å². The number of aryl methyl sites for hydroxylation is 2. The molecule has 0 saturated heterocycles. The molecule has 0 aliphatic carbocycles. The second-order valence-electron chi connectivity index (χ2n) is 3.54. The zero-order valence-electron chi connectivity index (χ0n) is 8.90. The number of halogens is 1. The highest BCUT2D eigenvalue weighted by Crippen LogP contribution is 2.28. The summed E-state index contributed by atoms with van der Waals surface area (Å²) in [5.74, 6) is 0. The second kappa shape index (κ2) is 3.86. The minimum Gasteiger partial charge on any atom is -0.258 e. The van der Waals surface area contributed by atoms with E-state index >= 15 is 0 Å². The maximum absolute atomic E-state index is 11.0. The van der Waals surface area contributed by atoms with Gasteiger partial charge >= 0.3 is 5.69 Å². The van der Waals surface area contributed by atoms with E-state index in [1.165, 1.54) is 0 Å². The lowest BCUT2D eigenvalue weighted by Crippen LogP contribution is -1.91. The fourth-order valence-electron chi connectivity index (χ4n) is 1.64. The van der Waals surface area contributed by atoms with Gasteiger partial charge in [0.2, 0.25) is 0 Å². The van der Waals surface area contributed by atoms with Crippen LogP contribution in [0.25, 0.3) is 5.52 Å². The molecule has 6 heteroatoms. The molecule has 0 radical (unpaired) electrons. The van der Waals surface area contributed by atoms with Crippen LogP contribution < -0.4 is 0 Å². The maximum Gasteiger partial charge on any atom is 0.317 e. The quantitative estimate of drug-likeness (QED) is 0.629. The van der Waals surface area contributed by atoms with E-state index in [9.17, 15) is 10.1 Å². The van der Waals surface area contributed by atoms with Gasteiger partial charge in [-0.05, 0) is 25.0 Å². The van der Waals surface area contributed by atoms with Crippen LogP contribution in [-0.2, 0) is 6.42 Å². The number of aromatic nitrogens is 2. The van der Waals surface area contributed by atoms with Crippen LogP contribution in [0, 0.1) is 17.0 Å². The largest absolute Gasteiger partial charge is 0.317 e. The zero-order chi connectivity index (χ0) is 11.9. The van der Waals surface area contributed by atoms with Crippen LogP contribution in [0.5, 0.6) is 0 Å². The normalized spacial score (nSPS) is 10.9. The molecule has 0 aliphatic rings. The van der Waals surface area contributed by atoms with Crippen LogP contribution in [-0.4, -0.2) is 14.5 Å². The Hall–Kier alpha value is -1.43. The predicted octanol–water partition coefficient (Wildman–Crippen LogP) is 2.88. The van der Waals surface area contributed by atoms with Gasteiger partial charge in [0.1, 0.15) is 11.2 Å². The van der Waals surface area contributed by atoms with Crippen molar-refractivity contribution in [2.45, 2.75) is 20.3 Å². The molecule has 2 heterocycles. The molecule has 0 N–H and O–H groups in total. The van der Waals surface area contributed by atoms with Gasteiger partial charge in [0.25, 0.3) is 0 Å². The van der Waals surface area contributed by atoms with E-state index in [1.807, 2.05) is 13.8 Å². The van der Waals surface area contributed by atoms with Crippen LogP contribution in [0.2, 0.25) is 0 Å². The summed E-state index contributed by atoms with van der Waals surface area (Å²) in [4.78, 5) is 10.6. The molecule has 16 heavy (non-hydrogen) atoms. The van der Waals surface area contributed by atoms with Crippen LogP contribution in [0.4, 0.5) is 5.69 Å². The summed E-state index contributed by atoms with van der Waals surface area (Å²) in [6, 6.07) is 1.74. The van der Waals surface area contributed by atoms with Gasteiger partial charge in [-0.1, -0.05) is 22.9 Å². The maximum atomic E-state index is 11.0. The third-order valence-corrected chi connectivity index (χ3v) is 3.32. The van der Waals surface area contributed by atoms with Gasteiger partial charge in [0, 0.05) is 10.7 Å². The fourth-order valence-corrected chi connectivity index (χ4v) is 1.96. The SMILES string of the molecule is CCc1nn2cc(C)c(Br)cc2c1[N+](=O)[O-]. The first kappa shape index (κ1) is 11.1. The summed E-state index contributed by atoms with van der Waals surface area (Å²) in [5, 5.41) is 15.2. The summed E-state index contributed by atoms with van der Waals surface area (Å²) in [6.07, 6.45) is 2.33. The van der Waals surface area contributed by atoms with Gasteiger partial charge < -0.3 is 0 Å². The van der Waals surface area contributed by atoms with Crippen molar-refractivity contribution >= 4 is 27.1 Å². The minimum atomic E-state index is -0.372. The van der Waals surface area contributed by atoms with Crippen molar-refractivity contribution in [2.24, 2.45) is 0 Å². The first-order valence-electron chi connectivity index (χ1n) is 4.86. The van der Waals surface area contributed by atoms with Crippen molar-refractivity contribution < 1.29 is 4.92 Å². The Morgan fingerprint density at radius 1 is 1.62 bits per heavy atom. The Bertz CT molecular complexity index is 577. The topological polar surface area (TPSA) is 60.4 Å². The van der Waals surface area contributed by atoms with Crippen LogP contribution in [0.1, 0.15) is 18.2 Å². The molecular weight excluding hydrogens is 274 g/mol. The average molecular weight is 284 g/mol. The molecule has 0 atom stereocenters. The van der Waals surface area contributed by atoms with E-state index in [2.05, 4.69) is 21.0 Å². The van der Waals surface area contributed by atoms with Crippen LogP contribution >= 0.6 is 15.9 Å². The second-order valence-corrected chi connectivity index (χ2v) is 4.39. The number of pyridine rings is 1. The molecule has 0 saturated carbocycles. The Morgan fingerprint density at radius 3 is 2.88 bits per heavy atom. The number of hydrogen-bond donors (Lipinski definition) is 0. The first-order valence-corrected chi connectivity index (χ1v) is 5.65. The molecule has 0 aliphatic heterocycles. The van der Waals surface area contributed by atoms with Crippen molar-refractivity contribution in [1.82, 2.24) is 9.61 Å². The van der Waals surface area contributed by atoms with Crippen molar-refractivity contribution in [1.29, 1.82) is 0 Å². The van der Waals surface area contributed by atoms with E-state index in [4.69, 9.17) is 0 Å². The Morgan fingerprint density at radius 2 is 2.31 bits per heavy atom. The fraction of sp³-hybridized carbons (Fsp3) is 0.300.